The molecule has 2 N–H and O–H groups in total. The average Bonchev–Trinajstić information content (AvgIpc) is 2.79. The number of carbonyl (C=O) groups is 2. The van der Waals surface area contributed by atoms with Crippen molar-refractivity contribution in [1.82, 2.24) is 0 Å². The van der Waals surface area contributed by atoms with Crippen molar-refractivity contribution in [3.8, 4) is 0 Å². The summed E-state index contributed by atoms with van der Waals surface area (Å²) in [5.74, 6) is -1.32. The molecule has 6 nitrogen and oxygen atoms in total. The molecule has 0 aliphatic rings. The van der Waals surface area contributed by atoms with E-state index < -0.39 is 35.9 Å². The Morgan fingerprint density at radius 3 is 1.68 bits per heavy atom. The van der Waals surface area contributed by atoms with E-state index in [0.717, 1.165) is 6.42 Å². The molecule has 0 aromatic heterocycles. The molecule has 0 heterocycles. The Kier molecular flexibility index (Phi) is 9.21. The first-order valence-electron chi connectivity index (χ1n) is 10.7. The number of carbonyl (C=O) groups excluding carboxylic acids is 2. The van der Waals surface area contributed by atoms with Gasteiger partial charge in [-0.3, -0.25) is 0 Å². The first kappa shape index (κ1) is 24.6. The summed E-state index contributed by atoms with van der Waals surface area (Å²) in [4.78, 5) is 25.1. The zero-order chi connectivity index (χ0) is 22.9. The van der Waals surface area contributed by atoms with Crippen molar-refractivity contribution in [2.75, 3.05) is 0 Å². The van der Waals surface area contributed by atoms with Crippen LogP contribution in [-0.2, 0) is 9.47 Å². The lowest BCUT2D eigenvalue weighted by atomic mass is 9.73. The van der Waals surface area contributed by atoms with Gasteiger partial charge in [0.15, 0.2) is 0 Å². The van der Waals surface area contributed by atoms with Gasteiger partial charge < -0.3 is 19.7 Å². The van der Waals surface area contributed by atoms with Gasteiger partial charge in [-0.1, -0.05) is 63.6 Å². The smallest absolute Gasteiger partial charge is 0.341 e. The van der Waals surface area contributed by atoms with Crippen molar-refractivity contribution in [2.45, 2.75) is 65.0 Å². The van der Waals surface area contributed by atoms with Crippen molar-refractivity contribution in [3.63, 3.8) is 0 Å². The maximum atomic E-state index is 12.6. The summed E-state index contributed by atoms with van der Waals surface area (Å²) in [7, 11) is 0. The predicted octanol–water partition coefficient (Wildman–Crippen LogP) is 4.35. The third-order valence-corrected chi connectivity index (χ3v) is 5.76. The van der Waals surface area contributed by atoms with Crippen LogP contribution in [0.15, 0.2) is 60.7 Å². The van der Waals surface area contributed by atoms with Crippen LogP contribution in [0.5, 0.6) is 0 Å². The highest BCUT2D eigenvalue weighted by Gasteiger charge is 2.40. The van der Waals surface area contributed by atoms with E-state index in [2.05, 4.69) is 0 Å². The van der Waals surface area contributed by atoms with Crippen molar-refractivity contribution in [3.05, 3.63) is 71.8 Å². The van der Waals surface area contributed by atoms with Crippen LogP contribution in [0.25, 0.3) is 0 Å². The molecule has 0 amide bonds. The van der Waals surface area contributed by atoms with Crippen LogP contribution in [0.1, 0.15) is 67.2 Å². The zero-order valence-corrected chi connectivity index (χ0v) is 18.4. The number of rotatable bonds is 11. The molecule has 0 bridgehead atoms. The molecule has 0 radical (unpaired) electrons. The molecular formula is C25H32O6. The molecule has 2 aromatic rings. The van der Waals surface area contributed by atoms with Crippen molar-refractivity contribution in [2.24, 2.45) is 5.41 Å². The minimum Gasteiger partial charge on any atom is -0.421 e. The van der Waals surface area contributed by atoms with E-state index >= 15 is 0 Å². The molecule has 0 aliphatic heterocycles. The first-order chi connectivity index (χ1) is 14.8. The monoisotopic (exact) mass is 428 g/mol. The van der Waals surface area contributed by atoms with E-state index in [1.807, 2.05) is 13.8 Å². The number of esters is 2. The molecule has 3 atom stereocenters. The fraction of sp³-hybridized carbons (Fsp3) is 0.440. The van der Waals surface area contributed by atoms with E-state index in [1.165, 1.54) is 0 Å². The Morgan fingerprint density at radius 1 is 0.839 bits per heavy atom. The van der Waals surface area contributed by atoms with Gasteiger partial charge in [0.25, 0.3) is 6.29 Å². The Bertz CT molecular complexity index is 769. The van der Waals surface area contributed by atoms with E-state index in [1.54, 1.807) is 67.6 Å². The molecule has 3 unspecified atom stereocenters. The number of benzene rings is 2. The van der Waals surface area contributed by atoms with Crippen LogP contribution in [0.3, 0.4) is 0 Å². The summed E-state index contributed by atoms with van der Waals surface area (Å²) in [5, 5.41) is 21.6. The summed E-state index contributed by atoms with van der Waals surface area (Å²) in [6, 6.07) is 16.7. The average molecular weight is 429 g/mol. The quantitative estimate of drug-likeness (QED) is 0.408. The number of hydrogen-bond acceptors (Lipinski definition) is 6. The first-order valence-corrected chi connectivity index (χ1v) is 10.7. The van der Waals surface area contributed by atoms with Gasteiger partial charge in [-0.2, -0.15) is 0 Å². The van der Waals surface area contributed by atoms with E-state index in [0.29, 0.717) is 24.0 Å². The second kappa shape index (κ2) is 11.6. The second-order valence-electron chi connectivity index (χ2n) is 7.89. The zero-order valence-electron chi connectivity index (χ0n) is 18.4. The predicted molar refractivity (Wildman–Crippen MR) is 117 cm³/mol. The number of hydrogen-bond donors (Lipinski definition) is 2. The molecular weight excluding hydrogens is 396 g/mol. The van der Waals surface area contributed by atoms with Crippen LogP contribution in [0, 0.1) is 5.41 Å². The fourth-order valence-corrected chi connectivity index (χ4v) is 3.39. The van der Waals surface area contributed by atoms with Crippen molar-refractivity contribution >= 4 is 11.9 Å². The largest absolute Gasteiger partial charge is 0.421 e. The van der Waals surface area contributed by atoms with E-state index in [-0.39, 0.29) is 6.42 Å². The molecule has 0 spiro atoms. The Labute approximate surface area is 183 Å². The maximum absolute atomic E-state index is 12.6. The van der Waals surface area contributed by atoms with Crippen LogP contribution in [-0.4, -0.2) is 40.6 Å². The normalized spacial score (nSPS) is 15.0. The van der Waals surface area contributed by atoms with Gasteiger partial charge in [-0.15, -0.1) is 0 Å². The van der Waals surface area contributed by atoms with E-state index in [4.69, 9.17) is 9.47 Å². The van der Waals surface area contributed by atoms with Crippen LogP contribution < -0.4 is 0 Å². The van der Waals surface area contributed by atoms with Gasteiger partial charge >= 0.3 is 11.9 Å². The Morgan fingerprint density at radius 2 is 1.29 bits per heavy atom. The van der Waals surface area contributed by atoms with Crippen molar-refractivity contribution in [1.29, 1.82) is 0 Å². The maximum Gasteiger partial charge on any atom is 0.341 e. The van der Waals surface area contributed by atoms with Crippen LogP contribution in [0.4, 0.5) is 0 Å². The summed E-state index contributed by atoms with van der Waals surface area (Å²) in [5.41, 5.74) is -0.226. The van der Waals surface area contributed by atoms with E-state index in [9.17, 15) is 19.8 Å². The van der Waals surface area contributed by atoms with Gasteiger partial charge in [0.2, 0.25) is 0 Å². The lowest BCUT2D eigenvalue weighted by Crippen LogP contribution is -2.45. The van der Waals surface area contributed by atoms with Gasteiger partial charge in [0.05, 0.1) is 23.3 Å². The minimum atomic E-state index is -1.31. The lowest BCUT2D eigenvalue weighted by Gasteiger charge is -2.39. The fourth-order valence-electron chi connectivity index (χ4n) is 3.39. The standard InChI is InChI=1S/C25H32O6/c1-4-12-20(26)25(3,5-2)21(27)17-22(30-23(28)18-13-8-6-9-14-18)31-24(29)19-15-10-7-11-16-19/h6-11,13-16,20-22,26-27H,4-5,12,17H2,1-3H3. The topological polar surface area (TPSA) is 93.1 Å². The number of aliphatic hydroxyl groups is 2. The number of aliphatic hydroxyl groups excluding tert-OH is 2. The lowest BCUT2D eigenvalue weighted by molar-refractivity contribution is -0.130. The summed E-state index contributed by atoms with van der Waals surface area (Å²) in [6.07, 6.45) is -1.47. The Balaban J connectivity index is 2.21. The second-order valence-corrected chi connectivity index (χ2v) is 7.89. The highest BCUT2D eigenvalue weighted by atomic mass is 16.7. The molecule has 0 aliphatic carbocycles. The highest BCUT2D eigenvalue weighted by Crippen LogP contribution is 2.35. The number of ether oxygens (including phenoxy) is 2. The molecule has 2 aromatic carbocycles. The SMILES string of the molecule is CCCC(O)C(C)(CC)C(O)CC(OC(=O)c1ccccc1)OC(=O)c1ccccc1. The van der Waals surface area contributed by atoms with Crippen LogP contribution >= 0.6 is 0 Å². The summed E-state index contributed by atoms with van der Waals surface area (Å²) < 4.78 is 10.9. The highest BCUT2D eigenvalue weighted by molar-refractivity contribution is 5.91. The van der Waals surface area contributed by atoms with Gasteiger partial charge in [0, 0.05) is 11.8 Å². The molecule has 2 rings (SSSR count). The minimum absolute atomic E-state index is 0.151. The summed E-state index contributed by atoms with van der Waals surface area (Å²) >= 11 is 0. The van der Waals surface area contributed by atoms with Gasteiger partial charge in [-0.05, 0) is 37.1 Å². The Hall–Kier alpha value is -2.70. The molecule has 31 heavy (non-hydrogen) atoms. The van der Waals surface area contributed by atoms with Gasteiger partial charge in [-0.25, -0.2) is 9.59 Å². The van der Waals surface area contributed by atoms with Gasteiger partial charge in [0.1, 0.15) is 0 Å². The molecule has 0 saturated heterocycles. The molecule has 0 fully saturated rings. The molecule has 0 saturated carbocycles. The molecule has 168 valence electrons. The van der Waals surface area contributed by atoms with Crippen molar-refractivity contribution < 1.29 is 29.3 Å². The molecule has 6 heteroatoms. The summed E-state index contributed by atoms with van der Waals surface area (Å²) in [6.45, 7) is 5.62. The third kappa shape index (κ3) is 6.64. The third-order valence-electron chi connectivity index (χ3n) is 5.76. The van der Waals surface area contributed by atoms with Crippen LogP contribution in [0.2, 0.25) is 0 Å².